The number of hydrogen-bond donors (Lipinski definition) is 3. The number of amides is 2. The van der Waals surface area contributed by atoms with Gasteiger partial charge in [-0.3, -0.25) is 14.7 Å². The van der Waals surface area contributed by atoms with E-state index in [4.69, 9.17) is 4.84 Å². The van der Waals surface area contributed by atoms with Crippen molar-refractivity contribution in [2.45, 2.75) is 31.6 Å². The van der Waals surface area contributed by atoms with Crippen molar-refractivity contribution >= 4 is 23.5 Å². The molecule has 2 aromatic heterocycles. The van der Waals surface area contributed by atoms with E-state index < -0.39 is 0 Å². The average Bonchev–Trinajstić information content (AvgIpc) is 3.62. The van der Waals surface area contributed by atoms with Gasteiger partial charge in [0.05, 0.1) is 13.0 Å². The Kier molecular flexibility index (Phi) is 7.69. The van der Waals surface area contributed by atoms with Crippen molar-refractivity contribution in [1.82, 2.24) is 20.2 Å². The molecule has 1 aromatic carbocycles. The van der Waals surface area contributed by atoms with Crippen molar-refractivity contribution < 1.29 is 14.4 Å². The Morgan fingerprint density at radius 3 is 2.71 bits per heavy atom. The van der Waals surface area contributed by atoms with Crippen molar-refractivity contribution in [2.24, 2.45) is 0 Å². The van der Waals surface area contributed by atoms with Gasteiger partial charge in [-0.05, 0) is 43.0 Å². The first-order chi connectivity index (χ1) is 16.9. The molecule has 2 amide bonds. The van der Waals surface area contributed by atoms with Crippen LogP contribution in [0.1, 0.15) is 42.9 Å². The average molecular weight is 475 g/mol. The highest BCUT2D eigenvalue weighted by Crippen LogP contribution is 2.39. The van der Waals surface area contributed by atoms with Crippen molar-refractivity contribution in [1.29, 1.82) is 0 Å². The number of hydrogen-bond acceptors (Lipinski definition) is 6. The van der Waals surface area contributed by atoms with Crippen LogP contribution in [0.15, 0.2) is 60.8 Å². The van der Waals surface area contributed by atoms with Crippen LogP contribution in [0.2, 0.25) is 0 Å². The number of benzene rings is 1. The molecule has 3 aromatic rings. The molecule has 2 heterocycles. The maximum absolute atomic E-state index is 12.8. The number of carbonyl (C=O) groups excluding carboxylic acids is 2. The van der Waals surface area contributed by atoms with E-state index in [9.17, 15) is 9.59 Å². The first-order valence-electron chi connectivity index (χ1n) is 11.6. The molecule has 9 heteroatoms. The van der Waals surface area contributed by atoms with Crippen LogP contribution < -0.4 is 10.6 Å². The summed E-state index contributed by atoms with van der Waals surface area (Å²) in [5.41, 5.74) is 3.79. The lowest BCUT2D eigenvalue weighted by Crippen LogP contribution is -2.19. The van der Waals surface area contributed by atoms with Crippen LogP contribution in [0, 0.1) is 0 Å². The molecular formula is C26H30N6O3. The number of nitrogens with zero attached hydrogens (tertiary/aromatic N) is 3. The van der Waals surface area contributed by atoms with Gasteiger partial charge in [-0.15, -0.1) is 0 Å². The van der Waals surface area contributed by atoms with Crippen LogP contribution in [-0.4, -0.2) is 52.8 Å². The van der Waals surface area contributed by atoms with Crippen LogP contribution >= 0.6 is 0 Å². The second-order valence-electron chi connectivity index (χ2n) is 8.64. The highest BCUT2D eigenvalue weighted by atomic mass is 16.7. The zero-order valence-electron chi connectivity index (χ0n) is 20.1. The van der Waals surface area contributed by atoms with E-state index >= 15 is 0 Å². The topological polar surface area (TPSA) is 112 Å². The number of aromatic amines is 1. The molecule has 0 aliphatic heterocycles. The van der Waals surface area contributed by atoms with Gasteiger partial charge in [-0.1, -0.05) is 30.3 Å². The molecule has 9 nitrogen and oxygen atoms in total. The Bertz CT molecular complexity index is 1200. The molecule has 182 valence electrons. The second kappa shape index (κ2) is 11.1. The molecule has 3 N–H and O–H groups in total. The number of rotatable bonds is 10. The maximum atomic E-state index is 12.8. The van der Waals surface area contributed by atoms with Crippen molar-refractivity contribution in [3.8, 4) is 11.1 Å². The Morgan fingerprint density at radius 2 is 2.00 bits per heavy atom. The lowest BCUT2D eigenvalue weighted by atomic mass is 9.96. The number of anilines is 2. The highest BCUT2D eigenvalue weighted by molar-refractivity contribution is 5.98. The summed E-state index contributed by atoms with van der Waals surface area (Å²) in [4.78, 5) is 34.2. The predicted molar refractivity (Wildman–Crippen MR) is 135 cm³/mol. The van der Waals surface area contributed by atoms with Gasteiger partial charge in [0.1, 0.15) is 5.82 Å². The summed E-state index contributed by atoms with van der Waals surface area (Å²) in [6.07, 6.45) is 7.19. The summed E-state index contributed by atoms with van der Waals surface area (Å²) in [6.45, 7) is 2.37. The third-order valence-corrected chi connectivity index (χ3v) is 5.94. The van der Waals surface area contributed by atoms with Crippen LogP contribution in [0.4, 0.5) is 11.6 Å². The van der Waals surface area contributed by atoms with Gasteiger partial charge in [-0.25, -0.2) is 4.98 Å². The van der Waals surface area contributed by atoms with Gasteiger partial charge in [-0.2, -0.15) is 10.2 Å². The third kappa shape index (κ3) is 6.62. The highest BCUT2D eigenvalue weighted by Gasteiger charge is 2.26. The number of likely N-dealkylation sites (N-methyl/N-ethyl adjacent to an activating group) is 1. The number of nitrogens with one attached hydrogen (secondary N) is 3. The summed E-state index contributed by atoms with van der Waals surface area (Å²) >= 11 is 0. The van der Waals surface area contributed by atoms with Crippen molar-refractivity contribution in [3.05, 3.63) is 72.1 Å². The lowest BCUT2D eigenvalue weighted by Gasteiger charge is -2.13. The normalized spacial score (nSPS) is 14.3. The van der Waals surface area contributed by atoms with E-state index in [1.807, 2.05) is 43.3 Å². The van der Waals surface area contributed by atoms with Gasteiger partial charge < -0.3 is 15.5 Å². The molecule has 0 bridgehead atoms. The number of pyridine rings is 1. The number of hydroxylamine groups is 2. The minimum absolute atomic E-state index is 0.114. The Morgan fingerprint density at radius 1 is 1.17 bits per heavy atom. The minimum Gasteiger partial charge on any atom is -0.309 e. The fraction of sp³-hybridized carbons (Fsp3) is 0.308. The SMILES string of the molecule is CON(C)C/C=C/C(=O)Nc1ccc(-c2cccc(C(C)C(=O)Nc3cc(C4CC4)[nH]n3)c2)cn1. The van der Waals surface area contributed by atoms with Crippen LogP contribution in [0.3, 0.4) is 0 Å². The Hall–Kier alpha value is -3.82. The summed E-state index contributed by atoms with van der Waals surface area (Å²) < 4.78 is 0. The van der Waals surface area contributed by atoms with Gasteiger partial charge in [0.15, 0.2) is 5.82 Å². The third-order valence-electron chi connectivity index (χ3n) is 5.94. The molecule has 0 saturated heterocycles. The molecule has 4 rings (SSSR count). The molecule has 1 unspecified atom stereocenters. The van der Waals surface area contributed by atoms with Crippen molar-refractivity contribution in [2.75, 3.05) is 31.3 Å². The van der Waals surface area contributed by atoms with Gasteiger partial charge in [0.25, 0.3) is 0 Å². The first-order valence-corrected chi connectivity index (χ1v) is 11.6. The zero-order chi connectivity index (χ0) is 24.8. The van der Waals surface area contributed by atoms with E-state index in [2.05, 4.69) is 25.8 Å². The van der Waals surface area contributed by atoms with E-state index in [0.29, 0.717) is 24.1 Å². The fourth-order valence-electron chi connectivity index (χ4n) is 3.57. The monoisotopic (exact) mass is 474 g/mol. The molecule has 1 aliphatic carbocycles. The molecule has 1 aliphatic rings. The zero-order valence-corrected chi connectivity index (χ0v) is 20.1. The molecule has 0 radical (unpaired) electrons. The molecule has 0 spiro atoms. The fourth-order valence-corrected chi connectivity index (χ4v) is 3.57. The van der Waals surface area contributed by atoms with E-state index in [-0.39, 0.29) is 17.7 Å². The molecule has 1 saturated carbocycles. The standard InChI is InChI=1S/C26H30N6O3/c1-17(26(34)29-24-15-22(30-31-24)18-9-10-18)19-6-4-7-20(14-19)21-11-12-23(27-16-21)28-25(33)8-5-13-32(2)35-3/h4-8,11-12,14-18H,9-10,13H2,1-3H3,(H,27,28,33)(H2,29,30,31,34)/b8-5+. The summed E-state index contributed by atoms with van der Waals surface area (Å²) in [7, 11) is 3.34. The molecular weight excluding hydrogens is 444 g/mol. The smallest absolute Gasteiger partial charge is 0.249 e. The Labute approximate surface area is 204 Å². The van der Waals surface area contributed by atoms with E-state index in [1.54, 1.807) is 37.6 Å². The molecule has 1 fully saturated rings. The second-order valence-corrected chi connectivity index (χ2v) is 8.64. The molecule has 35 heavy (non-hydrogen) atoms. The summed E-state index contributed by atoms with van der Waals surface area (Å²) in [6, 6.07) is 13.4. The van der Waals surface area contributed by atoms with Gasteiger partial charge in [0, 0.05) is 49.1 Å². The van der Waals surface area contributed by atoms with E-state index in [0.717, 1.165) is 22.4 Å². The summed E-state index contributed by atoms with van der Waals surface area (Å²) in [5.74, 6) is 0.829. The van der Waals surface area contributed by atoms with E-state index in [1.165, 1.54) is 18.9 Å². The first kappa shape index (κ1) is 24.3. The van der Waals surface area contributed by atoms with Gasteiger partial charge >= 0.3 is 0 Å². The quantitative estimate of drug-likeness (QED) is 0.302. The van der Waals surface area contributed by atoms with Crippen LogP contribution in [-0.2, 0) is 14.4 Å². The number of carbonyl (C=O) groups is 2. The number of aromatic nitrogens is 3. The van der Waals surface area contributed by atoms with Crippen LogP contribution in [0.5, 0.6) is 0 Å². The summed E-state index contributed by atoms with van der Waals surface area (Å²) in [5, 5.41) is 14.4. The lowest BCUT2D eigenvalue weighted by molar-refractivity contribution is -0.117. The minimum atomic E-state index is -0.355. The maximum Gasteiger partial charge on any atom is 0.249 e. The van der Waals surface area contributed by atoms with Crippen molar-refractivity contribution in [3.63, 3.8) is 0 Å². The van der Waals surface area contributed by atoms with Gasteiger partial charge in [0.2, 0.25) is 11.8 Å². The molecule has 1 atom stereocenters. The number of H-pyrrole nitrogens is 1. The van der Waals surface area contributed by atoms with Crippen LogP contribution in [0.25, 0.3) is 11.1 Å². The predicted octanol–water partition coefficient (Wildman–Crippen LogP) is 4.08. The Balaban J connectivity index is 1.36. The largest absolute Gasteiger partial charge is 0.309 e.